The Morgan fingerprint density at radius 2 is 2.12 bits per heavy atom. The van der Waals surface area contributed by atoms with Crippen molar-refractivity contribution < 1.29 is 4.79 Å². The zero-order chi connectivity index (χ0) is 17.2. The lowest BCUT2D eigenvalue weighted by Crippen LogP contribution is -2.50. The number of amides is 1. The van der Waals surface area contributed by atoms with Crippen molar-refractivity contribution in [2.24, 2.45) is 0 Å². The lowest BCUT2D eigenvalue weighted by Gasteiger charge is -2.36. The van der Waals surface area contributed by atoms with Gasteiger partial charge in [0.1, 0.15) is 12.7 Å². The number of nitrogens with zero attached hydrogens (tertiary/aromatic N) is 5. The molecule has 0 bridgehead atoms. The molecule has 2 aliphatic heterocycles. The van der Waals surface area contributed by atoms with Gasteiger partial charge in [-0.2, -0.15) is 5.10 Å². The van der Waals surface area contributed by atoms with Gasteiger partial charge in [-0.3, -0.25) is 14.4 Å². The van der Waals surface area contributed by atoms with Crippen molar-refractivity contribution in [2.45, 2.75) is 51.4 Å². The Balaban J connectivity index is 1.43. The van der Waals surface area contributed by atoms with E-state index >= 15 is 0 Å². The molecule has 1 saturated heterocycles. The zero-order valence-electron chi connectivity index (χ0n) is 14.7. The Bertz CT molecular complexity index is 729. The van der Waals surface area contributed by atoms with Crippen molar-refractivity contribution in [3.63, 3.8) is 0 Å². The minimum atomic E-state index is -0.0821. The maximum absolute atomic E-state index is 13.1. The zero-order valence-corrected chi connectivity index (χ0v) is 14.7. The Morgan fingerprint density at radius 1 is 1.28 bits per heavy atom. The minimum Gasteiger partial charge on any atom is -0.337 e. The summed E-state index contributed by atoms with van der Waals surface area (Å²) in [5, 5.41) is 4.22. The van der Waals surface area contributed by atoms with E-state index in [1.165, 1.54) is 11.1 Å². The van der Waals surface area contributed by atoms with Crippen LogP contribution in [0.15, 0.2) is 36.9 Å². The summed E-state index contributed by atoms with van der Waals surface area (Å²) in [6, 6.07) is 8.74. The molecule has 2 aliphatic rings. The predicted octanol–water partition coefficient (Wildman–Crippen LogP) is 1.72. The third kappa shape index (κ3) is 3.31. The van der Waals surface area contributed by atoms with Gasteiger partial charge in [-0.1, -0.05) is 24.3 Å². The summed E-state index contributed by atoms with van der Waals surface area (Å²) in [6.45, 7) is 5.41. The van der Waals surface area contributed by atoms with Crippen molar-refractivity contribution in [1.82, 2.24) is 24.6 Å². The van der Waals surface area contributed by atoms with Crippen molar-refractivity contribution in [3.8, 4) is 0 Å². The van der Waals surface area contributed by atoms with Gasteiger partial charge in [0.2, 0.25) is 5.91 Å². The molecule has 6 nitrogen and oxygen atoms in total. The molecule has 6 heteroatoms. The number of aromatic nitrogens is 3. The maximum Gasteiger partial charge on any atom is 0.239 e. The molecule has 0 spiro atoms. The molecule has 0 N–H and O–H groups in total. The topological polar surface area (TPSA) is 54.3 Å². The van der Waals surface area contributed by atoms with Crippen molar-refractivity contribution >= 4 is 5.91 Å². The number of benzene rings is 1. The third-order valence-electron chi connectivity index (χ3n) is 5.58. The smallest absolute Gasteiger partial charge is 0.239 e. The van der Waals surface area contributed by atoms with Crippen LogP contribution in [0.3, 0.4) is 0 Å². The minimum absolute atomic E-state index is 0.0821. The lowest BCUT2D eigenvalue weighted by atomic mass is 9.99. The molecule has 1 aromatic heterocycles. The van der Waals surface area contributed by atoms with E-state index in [-0.39, 0.29) is 11.9 Å². The monoisotopic (exact) mass is 339 g/mol. The quantitative estimate of drug-likeness (QED) is 0.851. The average Bonchev–Trinajstić information content (AvgIpc) is 3.32. The second-order valence-corrected chi connectivity index (χ2v) is 7.11. The number of likely N-dealkylation sites (tertiary alicyclic amines) is 1. The van der Waals surface area contributed by atoms with Crippen LogP contribution in [-0.4, -0.2) is 55.6 Å². The predicted molar refractivity (Wildman–Crippen MR) is 94.8 cm³/mol. The molecule has 0 unspecified atom stereocenters. The second kappa shape index (κ2) is 6.96. The van der Waals surface area contributed by atoms with Crippen LogP contribution < -0.4 is 0 Å². The standard InChI is InChI=1S/C19H25N5O/c1-15(24-9-4-7-18(24)12-23-14-20-13-21-23)19(25)22-10-8-16-5-2-3-6-17(16)11-22/h2-3,5-6,13-15,18H,4,7-12H2,1H3/t15-,18+/m1/s1. The molecule has 1 aromatic carbocycles. The highest BCUT2D eigenvalue weighted by Gasteiger charge is 2.35. The van der Waals surface area contributed by atoms with Crippen LogP contribution in [0.4, 0.5) is 0 Å². The molecule has 3 heterocycles. The summed E-state index contributed by atoms with van der Waals surface area (Å²) < 4.78 is 1.87. The average molecular weight is 339 g/mol. The first-order valence-corrected chi connectivity index (χ1v) is 9.16. The number of carbonyl (C=O) groups is 1. The molecule has 2 aromatic rings. The van der Waals surface area contributed by atoms with Gasteiger partial charge in [-0.05, 0) is 43.9 Å². The molecule has 1 fully saturated rings. The van der Waals surface area contributed by atoms with Crippen LogP contribution in [0.2, 0.25) is 0 Å². The molecule has 0 radical (unpaired) electrons. The van der Waals surface area contributed by atoms with Crippen molar-refractivity contribution in [3.05, 3.63) is 48.0 Å². The van der Waals surface area contributed by atoms with Crippen LogP contribution in [0.5, 0.6) is 0 Å². The summed E-state index contributed by atoms with van der Waals surface area (Å²) in [4.78, 5) is 21.5. The number of hydrogen-bond acceptors (Lipinski definition) is 4. The van der Waals surface area contributed by atoms with Crippen molar-refractivity contribution in [2.75, 3.05) is 13.1 Å². The molecule has 25 heavy (non-hydrogen) atoms. The van der Waals surface area contributed by atoms with E-state index in [2.05, 4.69) is 46.2 Å². The van der Waals surface area contributed by atoms with E-state index in [0.29, 0.717) is 6.04 Å². The van der Waals surface area contributed by atoms with E-state index in [1.54, 1.807) is 12.7 Å². The van der Waals surface area contributed by atoms with Gasteiger partial charge >= 0.3 is 0 Å². The van der Waals surface area contributed by atoms with Gasteiger partial charge < -0.3 is 4.90 Å². The molecule has 4 rings (SSSR count). The fraction of sp³-hybridized carbons (Fsp3) is 0.526. The molecule has 1 amide bonds. The molecule has 0 aliphatic carbocycles. The van der Waals surface area contributed by atoms with Crippen LogP contribution in [0.1, 0.15) is 30.9 Å². The van der Waals surface area contributed by atoms with Crippen LogP contribution in [0, 0.1) is 0 Å². The van der Waals surface area contributed by atoms with Crippen LogP contribution in [-0.2, 0) is 24.3 Å². The summed E-state index contributed by atoms with van der Waals surface area (Å²) >= 11 is 0. The summed E-state index contributed by atoms with van der Waals surface area (Å²) in [5.74, 6) is 0.250. The van der Waals surface area contributed by atoms with Gasteiger partial charge in [0.15, 0.2) is 0 Å². The lowest BCUT2D eigenvalue weighted by molar-refractivity contribution is -0.137. The fourth-order valence-electron chi connectivity index (χ4n) is 4.20. The highest BCUT2D eigenvalue weighted by atomic mass is 16.2. The Kier molecular flexibility index (Phi) is 4.53. The van der Waals surface area contributed by atoms with E-state index < -0.39 is 0 Å². The number of rotatable bonds is 4. The molecule has 132 valence electrons. The van der Waals surface area contributed by atoms with Crippen LogP contribution >= 0.6 is 0 Å². The Morgan fingerprint density at radius 3 is 2.92 bits per heavy atom. The number of carbonyl (C=O) groups excluding carboxylic acids is 1. The van der Waals surface area contributed by atoms with Gasteiger partial charge in [0.05, 0.1) is 12.6 Å². The van der Waals surface area contributed by atoms with Gasteiger partial charge in [-0.25, -0.2) is 4.98 Å². The first-order valence-electron chi connectivity index (χ1n) is 9.16. The SMILES string of the molecule is C[C@H](C(=O)N1CCc2ccccc2C1)N1CCC[C@H]1Cn1cncn1. The first kappa shape index (κ1) is 16.3. The van der Waals surface area contributed by atoms with Gasteiger partial charge in [-0.15, -0.1) is 0 Å². The van der Waals surface area contributed by atoms with Crippen LogP contribution in [0.25, 0.3) is 0 Å². The largest absolute Gasteiger partial charge is 0.337 e. The van der Waals surface area contributed by atoms with E-state index in [9.17, 15) is 4.79 Å². The summed E-state index contributed by atoms with van der Waals surface area (Å²) in [7, 11) is 0. The highest BCUT2D eigenvalue weighted by molar-refractivity contribution is 5.81. The summed E-state index contributed by atoms with van der Waals surface area (Å²) in [5.41, 5.74) is 2.67. The number of fused-ring (bicyclic) bond motifs is 1. The molecule has 0 saturated carbocycles. The normalized spacial score (nSPS) is 22.0. The molecular formula is C19H25N5O. The van der Waals surface area contributed by atoms with Crippen molar-refractivity contribution in [1.29, 1.82) is 0 Å². The molecular weight excluding hydrogens is 314 g/mol. The highest BCUT2D eigenvalue weighted by Crippen LogP contribution is 2.24. The summed E-state index contributed by atoms with van der Waals surface area (Å²) in [6.07, 6.45) is 6.53. The first-order chi connectivity index (χ1) is 12.2. The number of hydrogen-bond donors (Lipinski definition) is 0. The third-order valence-corrected chi connectivity index (χ3v) is 5.58. The van der Waals surface area contributed by atoms with E-state index in [4.69, 9.17) is 0 Å². The Hall–Kier alpha value is -2.21. The van der Waals surface area contributed by atoms with E-state index in [0.717, 1.165) is 45.4 Å². The molecule has 2 atom stereocenters. The van der Waals surface area contributed by atoms with Gasteiger partial charge in [0, 0.05) is 19.1 Å². The Labute approximate surface area is 148 Å². The van der Waals surface area contributed by atoms with E-state index in [1.807, 2.05) is 9.58 Å². The maximum atomic E-state index is 13.1. The fourth-order valence-corrected chi connectivity index (χ4v) is 4.20. The second-order valence-electron chi connectivity index (χ2n) is 7.11. The van der Waals surface area contributed by atoms with Gasteiger partial charge in [0.25, 0.3) is 0 Å².